The number of halogens is 1. The van der Waals surface area contributed by atoms with E-state index in [1.165, 1.54) is 0 Å². The van der Waals surface area contributed by atoms with Crippen LogP contribution in [0.4, 0.5) is 5.69 Å². The molecular weight excluding hydrogens is 438 g/mol. The lowest BCUT2D eigenvalue weighted by Crippen LogP contribution is -2.19. The average molecular weight is 452 g/mol. The van der Waals surface area contributed by atoms with Crippen LogP contribution in [0.1, 0.15) is 10.5 Å². The first-order chi connectivity index (χ1) is 13.6. The zero-order valence-electron chi connectivity index (χ0n) is 14.5. The maximum Gasteiger partial charge on any atom is 0.276 e. The summed E-state index contributed by atoms with van der Waals surface area (Å²) < 4.78 is 1.04. The summed E-state index contributed by atoms with van der Waals surface area (Å²) in [4.78, 5) is 26.7. The maximum absolute atomic E-state index is 12.6. The number of hydrogen-bond acceptors (Lipinski definition) is 4. The van der Waals surface area contributed by atoms with Crippen molar-refractivity contribution in [3.63, 3.8) is 0 Å². The van der Waals surface area contributed by atoms with Crippen molar-refractivity contribution in [2.24, 2.45) is 0 Å². The summed E-state index contributed by atoms with van der Waals surface area (Å²) in [5.74, 6) is -0.374. The van der Waals surface area contributed by atoms with Gasteiger partial charge >= 0.3 is 0 Å². The number of amides is 1. The molecule has 0 radical (unpaired) electrons. The van der Waals surface area contributed by atoms with Crippen LogP contribution in [0.25, 0.3) is 10.8 Å². The summed E-state index contributed by atoms with van der Waals surface area (Å²) in [6.07, 6.45) is 0. The predicted octanol–water partition coefficient (Wildman–Crippen LogP) is 5.09. The Morgan fingerprint density at radius 2 is 1.50 bits per heavy atom. The van der Waals surface area contributed by atoms with Gasteiger partial charge in [0.2, 0.25) is 0 Å². The van der Waals surface area contributed by atoms with Crippen molar-refractivity contribution in [3.05, 3.63) is 93.3 Å². The van der Waals surface area contributed by atoms with Crippen LogP contribution < -0.4 is 10.9 Å². The Hall–Kier alpha value is -2.90. The Bertz CT molecular complexity index is 1200. The molecule has 1 aromatic heterocycles. The topological polar surface area (TPSA) is 74.8 Å². The largest absolute Gasteiger partial charge is 0.321 e. The van der Waals surface area contributed by atoms with Gasteiger partial charge in [-0.25, -0.2) is 5.10 Å². The number of anilines is 1. The quantitative estimate of drug-likeness (QED) is 0.453. The predicted molar refractivity (Wildman–Crippen MR) is 115 cm³/mol. The van der Waals surface area contributed by atoms with Crippen LogP contribution in [0.2, 0.25) is 0 Å². The van der Waals surface area contributed by atoms with E-state index in [1.54, 1.807) is 36.0 Å². The normalized spacial score (nSPS) is 10.8. The molecule has 3 aromatic carbocycles. The van der Waals surface area contributed by atoms with Gasteiger partial charge in [-0.3, -0.25) is 9.59 Å². The molecule has 28 heavy (non-hydrogen) atoms. The van der Waals surface area contributed by atoms with Crippen molar-refractivity contribution in [1.29, 1.82) is 0 Å². The number of nitrogens with zero attached hydrogens (tertiary/aromatic N) is 1. The molecule has 138 valence electrons. The number of nitrogens with one attached hydrogen (secondary N) is 2. The third-order valence-corrected chi connectivity index (χ3v) is 5.62. The van der Waals surface area contributed by atoms with E-state index in [1.807, 2.05) is 48.5 Å². The van der Waals surface area contributed by atoms with E-state index in [0.717, 1.165) is 14.3 Å². The standard InChI is InChI=1S/C21H14BrN3O2S/c22-13-5-9-15(10-6-13)28-16-11-7-14(8-12-16)23-21(27)19-17-3-1-2-4-18(17)20(26)25-24-19/h1-12H,(H,23,27)(H,25,26). The lowest BCUT2D eigenvalue weighted by Gasteiger charge is -2.08. The van der Waals surface area contributed by atoms with Gasteiger partial charge in [0.1, 0.15) is 0 Å². The smallest absolute Gasteiger partial charge is 0.276 e. The molecule has 4 aromatic rings. The van der Waals surface area contributed by atoms with E-state index in [0.29, 0.717) is 16.5 Å². The lowest BCUT2D eigenvalue weighted by molar-refractivity contribution is 0.102. The van der Waals surface area contributed by atoms with Gasteiger partial charge in [0.15, 0.2) is 5.69 Å². The summed E-state index contributed by atoms with van der Waals surface area (Å²) in [6.45, 7) is 0. The number of H-pyrrole nitrogens is 1. The fourth-order valence-electron chi connectivity index (χ4n) is 2.72. The van der Waals surface area contributed by atoms with E-state index in [4.69, 9.17) is 0 Å². The van der Waals surface area contributed by atoms with Crippen LogP contribution in [0.5, 0.6) is 0 Å². The monoisotopic (exact) mass is 451 g/mol. The highest BCUT2D eigenvalue weighted by molar-refractivity contribution is 9.10. The molecule has 2 N–H and O–H groups in total. The molecule has 4 rings (SSSR count). The lowest BCUT2D eigenvalue weighted by atomic mass is 10.1. The molecule has 0 saturated heterocycles. The molecule has 0 bridgehead atoms. The van der Waals surface area contributed by atoms with Gasteiger partial charge in [-0.2, -0.15) is 5.10 Å². The second-order valence-corrected chi connectivity index (χ2v) is 8.04. The van der Waals surface area contributed by atoms with E-state index in [2.05, 4.69) is 31.4 Å². The third kappa shape index (κ3) is 4.00. The van der Waals surface area contributed by atoms with Crippen molar-refractivity contribution in [2.75, 3.05) is 5.32 Å². The molecule has 5 nitrogen and oxygen atoms in total. The molecule has 0 fully saturated rings. The molecular formula is C21H14BrN3O2S. The number of aromatic amines is 1. The number of benzene rings is 3. The zero-order valence-corrected chi connectivity index (χ0v) is 16.9. The summed E-state index contributed by atoms with van der Waals surface area (Å²) in [5, 5.41) is 10.1. The number of fused-ring (bicyclic) bond motifs is 1. The molecule has 0 spiro atoms. The van der Waals surface area contributed by atoms with Crippen LogP contribution in [0.15, 0.2) is 91.9 Å². The van der Waals surface area contributed by atoms with Crippen LogP contribution in [0.3, 0.4) is 0 Å². The second-order valence-electron chi connectivity index (χ2n) is 5.98. The van der Waals surface area contributed by atoms with Gasteiger partial charge < -0.3 is 5.32 Å². The summed E-state index contributed by atoms with van der Waals surface area (Å²) in [6, 6.07) is 22.5. The molecule has 7 heteroatoms. The minimum atomic E-state index is -0.374. The number of hydrogen-bond donors (Lipinski definition) is 2. The molecule has 0 saturated carbocycles. The zero-order chi connectivity index (χ0) is 19.5. The molecule has 0 aliphatic carbocycles. The van der Waals surface area contributed by atoms with Crippen molar-refractivity contribution >= 4 is 50.1 Å². The van der Waals surface area contributed by atoms with Gasteiger partial charge in [0.25, 0.3) is 11.5 Å². The van der Waals surface area contributed by atoms with E-state index in [-0.39, 0.29) is 17.2 Å². The van der Waals surface area contributed by atoms with Gasteiger partial charge in [-0.15, -0.1) is 0 Å². The fourth-order valence-corrected chi connectivity index (χ4v) is 3.80. The number of rotatable bonds is 4. The third-order valence-electron chi connectivity index (χ3n) is 4.07. The maximum atomic E-state index is 12.6. The van der Waals surface area contributed by atoms with Crippen LogP contribution in [-0.2, 0) is 0 Å². The van der Waals surface area contributed by atoms with Crippen LogP contribution >= 0.6 is 27.7 Å². The average Bonchev–Trinajstić information content (AvgIpc) is 2.71. The molecule has 0 aliphatic rings. The highest BCUT2D eigenvalue weighted by atomic mass is 79.9. The van der Waals surface area contributed by atoms with Crippen molar-refractivity contribution in [2.45, 2.75) is 9.79 Å². The van der Waals surface area contributed by atoms with Gasteiger partial charge in [0.05, 0.1) is 5.39 Å². The van der Waals surface area contributed by atoms with Crippen molar-refractivity contribution in [3.8, 4) is 0 Å². The first kappa shape index (κ1) is 18.5. The van der Waals surface area contributed by atoms with E-state index in [9.17, 15) is 9.59 Å². The number of aromatic nitrogens is 2. The van der Waals surface area contributed by atoms with E-state index >= 15 is 0 Å². The Labute approximate surface area is 173 Å². The Balaban J connectivity index is 1.52. The van der Waals surface area contributed by atoms with E-state index < -0.39 is 0 Å². The minimum Gasteiger partial charge on any atom is -0.321 e. The highest BCUT2D eigenvalue weighted by Gasteiger charge is 2.14. The Kier molecular flexibility index (Phi) is 5.27. The molecule has 1 heterocycles. The van der Waals surface area contributed by atoms with Crippen LogP contribution in [-0.4, -0.2) is 16.1 Å². The molecule has 0 unspecified atom stereocenters. The van der Waals surface area contributed by atoms with Gasteiger partial charge in [0, 0.05) is 25.3 Å². The highest BCUT2D eigenvalue weighted by Crippen LogP contribution is 2.29. The SMILES string of the molecule is O=C(Nc1ccc(Sc2ccc(Br)cc2)cc1)c1n[nH]c(=O)c2ccccc12. The van der Waals surface area contributed by atoms with Crippen LogP contribution in [0, 0.1) is 0 Å². The van der Waals surface area contributed by atoms with Crippen molar-refractivity contribution in [1.82, 2.24) is 10.2 Å². The Morgan fingerprint density at radius 1 is 0.893 bits per heavy atom. The summed E-state index contributed by atoms with van der Waals surface area (Å²) in [7, 11) is 0. The summed E-state index contributed by atoms with van der Waals surface area (Å²) >= 11 is 5.07. The first-order valence-corrected chi connectivity index (χ1v) is 10.0. The first-order valence-electron chi connectivity index (χ1n) is 8.42. The number of carbonyl (C=O) groups excluding carboxylic acids is 1. The summed E-state index contributed by atoms with van der Waals surface area (Å²) in [5.41, 5.74) is 0.521. The van der Waals surface area contributed by atoms with Crippen molar-refractivity contribution < 1.29 is 4.79 Å². The number of carbonyl (C=O) groups is 1. The molecule has 0 atom stereocenters. The Morgan fingerprint density at radius 3 is 2.18 bits per heavy atom. The second kappa shape index (κ2) is 8.00. The minimum absolute atomic E-state index is 0.184. The fraction of sp³-hybridized carbons (Fsp3) is 0. The molecule has 0 aliphatic heterocycles. The van der Waals surface area contributed by atoms with Gasteiger partial charge in [-0.05, 0) is 54.6 Å². The molecule has 1 amide bonds. The van der Waals surface area contributed by atoms with Gasteiger partial charge in [-0.1, -0.05) is 45.9 Å².